The summed E-state index contributed by atoms with van der Waals surface area (Å²) in [6.45, 7) is 4.00. The Labute approximate surface area is 174 Å². The van der Waals surface area contributed by atoms with Crippen molar-refractivity contribution in [1.82, 2.24) is 10.4 Å². The number of carbonyl (C=O) groups is 1. The average molecular weight is 410 g/mol. The number of thioether (sulfide) groups is 1. The number of hydrazone groups is 1. The number of hydrogen-bond acceptors (Lipinski definition) is 6. The van der Waals surface area contributed by atoms with E-state index in [1.54, 1.807) is 26.5 Å². The molecule has 0 unspecified atom stereocenters. The van der Waals surface area contributed by atoms with E-state index in [4.69, 9.17) is 9.47 Å². The van der Waals surface area contributed by atoms with Gasteiger partial charge < -0.3 is 9.47 Å². The lowest BCUT2D eigenvalue weighted by Gasteiger charge is -2.09. The molecule has 3 rings (SSSR count). The number of pyridine rings is 1. The van der Waals surface area contributed by atoms with Gasteiger partial charge in [-0.3, -0.25) is 9.78 Å². The highest BCUT2D eigenvalue weighted by atomic mass is 32.2. The van der Waals surface area contributed by atoms with Gasteiger partial charge >= 0.3 is 0 Å². The highest BCUT2D eigenvalue weighted by Gasteiger charge is 2.09. The van der Waals surface area contributed by atoms with Gasteiger partial charge in [0, 0.05) is 21.5 Å². The number of nitrogens with zero attached hydrogens (tertiary/aromatic N) is 2. The summed E-state index contributed by atoms with van der Waals surface area (Å²) in [6, 6.07) is 13.6. The number of carbonyl (C=O) groups excluding carboxylic acids is 1. The Morgan fingerprint density at radius 2 is 2.00 bits per heavy atom. The Kier molecular flexibility index (Phi) is 6.72. The summed E-state index contributed by atoms with van der Waals surface area (Å²) in [5, 5.41) is 5.10. The van der Waals surface area contributed by atoms with E-state index in [0.717, 1.165) is 27.1 Å². The average Bonchev–Trinajstić information content (AvgIpc) is 2.72. The molecule has 7 heteroatoms. The van der Waals surface area contributed by atoms with Gasteiger partial charge in [0.1, 0.15) is 0 Å². The maximum Gasteiger partial charge on any atom is 0.250 e. The van der Waals surface area contributed by atoms with Gasteiger partial charge in [-0.15, -0.1) is 11.8 Å². The van der Waals surface area contributed by atoms with Crippen molar-refractivity contribution in [3.63, 3.8) is 0 Å². The van der Waals surface area contributed by atoms with E-state index in [0.29, 0.717) is 17.1 Å². The number of para-hydroxylation sites is 1. The van der Waals surface area contributed by atoms with Crippen LogP contribution < -0.4 is 14.9 Å². The zero-order chi connectivity index (χ0) is 20.8. The Morgan fingerprint density at radius 1 is 1.17 bits per heavy atom. The zero-order valence-corrected chi connectivity index (χ0v) is 17.7. The highest BCUT2D eigenvalue weighted by Crippen LogP contribution is 2.30. The Balaban J connectivity index is 1.66. The Bertz CT molecular complexity index is 1070. The van der Waals surface area contributed by atoms with Gasteiger partial charge in [-0.1, -0.05) is 17.7 Å². The second kappa shape index (κ2) is 9.43. The number of methoxy groups -OCH3 is 2. The largest absolute Gasteiger partial charge is 0.493 e. The van der Waals surface area contributed by atoms with Gasteiger partial charge in [0.2, 0.25) is 5.91 Å². The standard InChI is InChI=1S/C22H23N3O3S/c1-14-8-9-18-17(10-14)20(11-15(2)24-18)29-13-21(26)25-23-12-16-6-5-7-19(27-3)22(16)28-4/h5-12H,13H2,1-4H3,(H,25,26)/b23-12+. The summed E-state index contributed by atoms with van der Waals surface area (Å²) in [6.07, 6.45) is 1.54. The molecule has 3 aromatic rings. The highest BCUT2D eigenvalue weighted by molar-refractivity contribution is 8.00. The third-order valence-electron chi connectivity index (χ3n) is 4.24. The molecule has 6 nitrogen and oxygen atoms in total. The molecule has 1 amide bonds. The zero-order valence-electron chi connectivity index (χ0n) is 16.9. The van der Waals surface area contributed by atoms with Crippen LogP contribution in [0.4, 0.5) is 0 Å². The van der Waals surface area contributed by atoms with Crippen molar-refractivity contribution < 1.29 is 14.3 Å². The second-order valence-corrected chi connectivity index (χ2v) is 7.46. The molecule has 0 atom stereocenters. The van der Waals surface area contributed by atoms with Crippen LogP contribution in [0.1, 0.15) is 16.8 Å². The molecule has 0 aliphatic heterocycles. The quantitative estimate of drug-likeness (QED) is 0.361. The monoisotopic (exact) mass is 409 g/mol. The van der Waals surface area contributed by atoms with Gasteiger partial charge in [0.15, 0.2) is 11.5 Å². The predicted molar refractivity (Wildman–Crippen MR) is 117 cm³/mol. The molecule has 1 aromatic heterocycles. The molecule has 0 saturated heterocycles. The molecule has 0 aliphatic rings. The van der Waals surface area contributed by atoms with Crippen molar-refractivity contribution in [2.45, 2.75) is 18.7 Å². The maximum atomic E-state index is 12.3. The van der Waals surface area contributed by atoms with Crippen molar-refractivity contribution in [3.05, 3.63) is 59.3 Å². The lowest BCUT2D eigenvalue weighted by atomic mass is 10.1. The number of ether oxygens (including phenoxy) is 2. The van der Waals surface area contributed by atoms with Crippen LogP contribution in [-0.2, 0) is 4.79 Å². The summed E-state index contributed by atoms with van der Waals surface area (Å²) in [7, 11) is 3.14. The van der Waals surface area contributed by atoms with Crippen molar-refractivity contribution in [2.24, 2.45) is 5.10 Å². The first kappa shape index (κ1) is 20.7. The Hall–Kier alpha value is -3.06. The number of aryl methyl sites for hydroxylation is 2. The fourth-order valence-electron chi connectivity index (χ4n) is 2.92. The van der Waals surface area contributed by atoms with E-state index in [1.165, 1.54) is 11.8 Å². The van der Waals surface area contributed by atoms with Gasteiger partial charge in [-0.25, -0.2) is 5.43 Å². The molecule has 0 saturated carbocycles. The minimum Gasteiger partial charge on any atom is -0.493 e. The number of benzene rings is 2. The first-order valence-corrected chi connectivity index (χ1v) is 10.0. The summed E-state index contributed by atoms with van der Waals surface area (Å²) < 4.78 is 10.6. The first-order valence-electron chi connectivity index (χ1n) is 9.05. The number of nitrogens with one attached hydrogen (secondary N) is 1. The predicted octanol–water partition coefficient (Wildman–Crippen LogP) is 4.11. The molecule has 0 radical (unpaired) electrons. The first-order chi connectivity index (χ1) is 14.0. The number of hydrogen-bond donors (Lipinski definition) is 1. The van der Waals surface area contributed by atoms with Crippen LogP contribution in [0.5, 0.6) is 11.5 Å². The van der Waals surface area contributed by atoms with Gasteiger partial charge in [-0.05, 0) is 44.2 Å². The normalized spacial score (nSPS) is 11.0. The summed E-state index contributed by atoms with van der Waals surface area (Å²) >= 11 is 1.47. The van der Waals surface area contributed by atoms with Crippen LogP contribution in [0.2, 0.25) is 0 Å². The summed E-state index contributed by atoms with van der Waals surface area (Å²) in [5.74, 6) is 1.23. The van der Waals surface area contributed by atoms with Crippen molar-refractivity contribution >= 4 is 34.8 Å². The van der Waals surface area contributed by atoms with Crippen LogP contribution in [0.25, 0.3) is 10.9 Å². The number of rotatable bonds is 7. The van der Waals surface area contributed by atoms with Crippen LogP contribution in [0, 0.1) is 13.8 Å². The molecular formula is C22H23N3O3S. The fraction of sp³-hybridized carbons (Fsp3) is 0.227. The molecule has 29 heavy (non-hydrogen) atoms. The van der Waals surface area contributed by atoms with Crippen molar-refractivity contribution in [2.75, 3.05) is 20.0 Å². The van der Waals surface area contributed by atoms with Gasteiger partial charge in [0.25, 0.3) is 0 Å². The number of fused-ring (bicyclic) bond motifs is 1. The molecule has 2 aromatic carbocycles. The lowest BCUT2D eigenvalue weighted by Crippen LogP contribution is -2.19. The van der Waals surface area contributed by atoms with E-state index >= 15 is 0 Å². The van der Waals surface area contributed by atoms with Crippen LogP contribution in [-0.4, -0.2) is 37.1 Å². The molecule has 0 bridgehead atoms. The minimum atomic E-state index is -0.191. The summed E-state index contributed by atoms with van der Waals surface area (Å²) in [4.78, 5) is 17.8. The van der Waals surface area contributed by atoms with E-state index < -0.39 is 0 Å². The number of aromatic nitrogens is 1. The second-order valence-electron chi connectivity index (χ2n) is 6.45. The fourth-order valence-corrected chi connectivity index (χ4v) is 3.84. The van der Waals surface area contributed by atoms with Crippen LogP contribution >= 0.6 is 11.8 Å². The molecule has 0 fully saturated rings. The third-order valence-corrected chi connectivity index (χ3v) is 5.29. The van der Waals surface area contributed by atoms with Crippen molar-refractivity contribution in [3.8, 4) is 11.5 Å². The third kappa shape index (κ3) is 5.06. The minimum absolute atomic E-state index is 0.191. The lowest BCUT2D eigenvalue weighted by molar-refractivity contribution is -0.118. The molecule has 0 spiro atoms. The topological polar surface area (TPSA) is 72.8 Å². The van der Waals surface area contributed by atoms with Gasteiger partial charge in [0.05, 0.1) is 31.7 Å². The molecule has 1 heterocycles. The molecule has 1 N–H and O–H groups in total. The maximum absolute atomic E-state index is 12.3. The molecular weight excluding hydrogens is 386 g/mol. The van der Waals surface area contributed by atoms with E-state index in [9.17, 15) is 4.79 Å². The summed E-state index contributed by atoms with van der Waals surface area (Å²) in [5.41, 5.74) is 6.29. The molecule has 0 aliphatic carbocycles. The van der Waals surface area contributed by atoms with E-state index in [2.05, 4.69) is 21.6 Å². The smallest absolute Gasteiger partial charge is 0.250 e. The van der Waals surface area contributed by atoms with Crippen LogP contribution in [0.15, 0.2) is 52.5 Å². The number of amides is 1. The SMILES string of the molecule is COc1cccc(/C=N/NC(=O)CSc2cc(C)nc3ccc(C)cc23)c1OC. The van der Waals surface area contributed by atoms with Crippen molar-refractivity contribution in [1.29, 1.82) is 0 Å². The van der Waals surface area contributed by atoms with E-state index in [-0.39, 0.29) is 11.7 Å². The van der Waals surface area contributed by atoms with Gasteiger partial charge in [-0.2, -0.15) is 5.10 Å². The Morgan fingerprint density at radius 3 is 2.76 bits per heavy atom. The van der Waals surface area contributed by atoms with E-state index in [1.807, 2.05) is 44.2 Å². The molecule has 150 valence electrons. The van der Waals surface area contributed by atoms with Crippen LogP contribution in [0.3, 0.4) is 0 Å².